The molecule has 0 bridgehead atoms. The molecule has 0 aliphatic carbocycles. The number of hydrogen-bond acceptors (Lipinski definition) is 3. The first-order chi connectivity index (χ1) is 6.06. The zero-order valence-electron chi connectivity index (χ0n) is 8.13. The number of nitrogens with one attached hydrogen (secondary N) is 1. The first kappa shape index (κ1) is 11.9. The van der Waals surface area contributed by atoms with Gasteiger partial charge in [-0.05, 0) is 18.8 Å². The van der Waals surface area contributed by atoms with Gasteiger partial charge in [0.25, 0.3) is 0 Å². The number of carbonyl (C=O) groups excluding carboxylic acids is 2. The quantitative estimate of drug-likeness (QED) is 0.618. The predicted molar refractivity (Wildman–Crippen MR) is 46.7 cm³/mol. The molecule has 0 aromatic carbocycles. The van der Waals surface area contributed by atoms with Crippen molar-refractivity contribution in [1.82, 2.24) is 5.32 Å². The lowest BCUT2D eigenvalue weighted by Crippen LogP contribution is -2.29. The fourth-order valence-corrected chi connectivity index (χ4v) is 1.01. The molecule has 1 atom stereocenters. The Morgan fingerprint density at radius 2 is 2.00 bits per heavy atom. The van der Waals surface area contributed by atoms with Crippen LogP contribution in [0, 0.1) is 5.92 Å². The Bertz CT molecular complexity index is 180. The van der Waals surface area contributed by atoms with Crippen LogP contribution in [0.2, 0.25) is 0 Å². The van der Waals surface area contributed by atoms with Crippen molar-refractivity contribution in [2.24, 2.45) is 5.92 Å². The highest BCUT2D eigenvalue weighted by Crippen LogP contribution is 2.05. The van der Waals surface area contributed by atoms with E-state index in [0.717, 1.165) is 6.42 Å². The summed E-state index contributed by atoms with van der Waals surface area (Å²) in [5, 5.41) is 12.8. The molecule has 0 rings (SSSR count). The molecule has 13 heavy (non-hydrogen) atoms. The van der Waals surface area contributed by atoms with Gasteiger partial charge in [0.15, 0.2) is 0 Å². The van der Waals surface area contributed by atoms with Crippen LogP contribution in [0.15, 0.2) is 0 Å². The highest BCUT2D eigenvalue weighted by Gasteiger charge is 2.08. The van der Waals surface area contributed by atoms with Gasteiger partial charge >= 0.3 is 0 Å². The number of amides is 1. The van der Waals surface area contributed by atoms with Crippen LogP contribution < -0.4 is 10.4 Å². The maximum atomic E-state index is 11.1. The standard InChI is InChI=1S/C9H17NO3/c1-3-4-10-8(11)5-7(2)6-9(12)13/h7H,3-6H2,1-2H3,(H,10,11)(H,12,13)/p-1/t7-/m0/s1. The third kappa shape index (κ3) is 7.31. The Labute approximate surface area is 78.3 Å². The first-order valence-corrected chi connectivity index (χ1v) is 4.52. The molecule has 0 aromatic heterocycles. The molecular formula is C9H16NO3-. The highest BCUT2D eigenvalue weighted by molar-refractivity contribution is 5.76. The lowest BCUT2D eigenvalue weighted by Gasteiger charge is -2.11. The molecule has 4 heteroatoms. The summed E-state index contributed by atoms with van der Waals surface area (Å²) in [6, 6.07) is 0. The summed E-state index contributed by atoms with van der Waals surface area (Å²) in [6.45, 7) is 4.34. The van der Waals surface area contributed by atoms with Gasteiger partial charge in [0, 0.05) is 18.9 Å². The number of aliphatic carboxylic acids is 1. The molecule has 1 N–H and O–H groups in total. The second kappa shape index (κ2) is 6.46. The predicted octanol–water partition coefficient (Wildman–Crippen LogP) is -0.321. The normalized spacial score (nSPS) is 12.2. The van der Waals surface area contributed by atoms with Crippen molar-refractivity contribution in [3.63, 3.8) is 0 Å². The summed E-state index contributed by atoms with van der Waals surface area (Å²) >= 11 is 0. The Kier molecular flexibility index (Phi) is 5.93. The van der Waals surface area contributed by atoms with Gasteiger partial charge < -0.3 is 15.2 Å². The molecule has 0 radical (unpaired) electrons. The monoisotopic (exact) mass is 186 g/mol. The van der Waals surface area contributed by atoms with Gasteiger partial charge in [-0.1, -0.05) is 13.8 Å². The Hall–Kier alpha value is -1.06. The third-order valence-corrected chi connectivity index (χ3v) is 1.62. The fraction of sp³-hybridized carbons (Fsp3) is 0.778. The molecule has 4 nitrogen and oxygen atoms in total. The van der Waals surface area contributed by atoms with Crippen LogP contribution in [0.25, 0.3) is 0 Å². The molecule has 0 aliphatic rings. The van der Waals surface area contributed by atoms with Gasteiger partial charge in [-0.25, -0.2) is 0 Å². The zero-order valence-corrected chi connectivity index (χ0v) is 8.13. The van der Waals surface area contributed by atoms with Crippen molar-refractivity contribution >= 4 is 11.9 Å². The lowest BCUT2D eigenvalue weighted by atomic mass is 10.0. The molecule has 0 saturated heterocycles. The molecular weight excluding hydrogens is 170 g/mol. The summed E-state index contributed by atoms with van der Waals surface area (Å²) in [7, 11) is 0. The maximum absolute atomic E-state index is 11.1. The van der Waals surface area contributed by atoms with Crippen molar-refractivity contribution < 1.29 is 14.7 Å². The van der Waals surface area contributed by atoms with E-state index in [2.05, 4.69) is 5.32 Å². The lowest BCUT2D eigenvalue weighted by molar-refractivity contribution is -0.306. The zero-order chi connectivity index (χ0) is 10.3. The van der Waals surface area contributed by atoms with Gasteiger partial charge in [0.2, 0.25) is 5.91 Å². The smallest absolute Gasteiger partial charge is 0.220 e. The molecule has 0 saturated carbocycles. The molecule has 0 fully saturated rings. The summed E-state index contributed by atoms with van der Waals surface area (Å²) in [4.78, 5) is 21.2. The van der Waals surface area contributed by atoms with E-state index in [1.807, 2.05) is 6.92 Å². The van der Waals surface area contributed by atoms with Crippen LogP contribution in [0.3, 0.4) is 0 Å². The summed E-state index contributed by atoms with van der Waals surface area (Å²) < 4.78 is 0. The number of hydrogen-bond donors (Lipinski definition) is 1. The second-order valence-electron chi connectivity index (χ2n) is 3.24. The Balaban J connectivity index is 3.59. The molecule has 76 valence electrons. The minimum atomic E-state index is -1.10. The second-order valence-corrected chi connectivity index (χ2v) is 3.24. The van der Waals surface area contributed by atoms with Crippen molar-refractivity contribution in [3.05, 3.63) is 0 Å². The maximum Gasteiger partial charge on any atom is 0.220 e. The molecule has 0 aromatic rings. The molecule has 1 amide bonds. The average molecular weight is 186 g/mol. The molecule has 0 spiro atoms. The van der Waals surface area contributed by atoms with Gasteiger partial charge in [0.05, 0.1) is 0 Å². The summed E-state index contributed by atoms with van der Waals surface area (Å²) in [6.07, 6.45) is 1.09. The first-order valence-electron chi connectivity index (χ1n) is 4.52. The minimum Gasteiger partial charge on any atom is -0.550 e. The van der Waals surface area contributed by atoms with E-state index in [4.69, 9.17) is 0 Å². The van der Waals surface area contributed by atoms with Crippen LogP contribution in [0.4, 0.5) is 0 Å². The van der Waals surface area contributed by atoms with Crippen LogP contribution in [0.5, 0.6) is 0 Å². The van der Waals surface area contributed by atoms with E-state index < -0.39 is 5.97 Å². The molecule has 0 aliphatic heterocycles. The van der Waals surface area contributed by atoms with E-state index in [0.29, 0.717) is 6.54 Å². The van der Waals surface area contributed by atoms with Gasteiger partial charge in [-0.15, -0.1) is 0 Å². The topological polar surface area (TPSA) is 69.2 Å². The summed E-state index contributed by atoms with van der Waals surface area (Å²) in [5.41, 5.74) is 0. The highest BCUT2D eigenvalue weighted by atomic mass is 16.4. The Morgan fingerprint density at radius 3 is 2.46 bits per heavy atom. The van der Waals surface area contributed by atoms with Crippen LogP contribution in [-0.2, 0) is 9.59 Å². The van der Waals surface area contributed by atoms with Crippen LogP contribution in [0.1, 0.15) is 33.1 Å². The van der Waals surface area contributed by atoms with E-state index in [-0.39, 0.29) is 24.7 Å². The van der Waals surface area contributed by atoms with Crippen LogP contribution in [-0.4, -0.2) is 18.4 Å². The number of rotatable bonds is 6. The van der Waals surface area contributed by atoms with Crippen molar-refractivity contribution in [3.8, 4) is 0 Å². The largest absolute Gasteiger partial charge is 0.550 e. The third-order valence-electron chi connectivity index (χ3n) is 1.62. The van der Waals surface area contributed by atoms with E-state index in [1.54, 1.807) is 6.92 Å². The summed E-state index contributed by atoms with van der Waals surface area (Å²) in [5.74, 6) is -1.34. The minimum absolute atomic E-state index is 0.0560. The fourth-order valence-electron chi connectivity index (χ4n) is 1.01. The van der Waals surface area contributed by atoms with Crippen LogP contribution >= 0.6 is 0 Å². The van der Waals surface area contributed by atoms with Crippen molar-refractivity contribution in [2.75, 3.05) is 6.54 Å². The SMILES string of the molecule is CCCNC(=O)C[C@H](C)CC(=O)[O-]. The van der Waals surface area contributed by atoms with E-state index in [1.165, 1.54) is 0 Å². The molecule has 0 heterocycles. The van der Waals surface area contributed by atoms with Crippen molar-refractivity contribution in [2.45, 2.75) is 33.1 Å². The van der Waals surface area contributed by atoms with Gasteiger partial charge in [-0.2, -0.15) is 0 Å². The van der Waals surface area contributed by atoms with Crippen molar-refractivity contribution in [1.29, 1.82) is 0 Å². The van der Waals surface area contributed by atoms with E-state index in [9.17, 15) is 14.7 Å². The van der Waals surface area contributed by atoms with Gasteiger partial charge in [-0.3, -0.25) is 4.79 Å². The van der Waals surface area contributed by atoms with Gasteiger partial charge in [0.1, 0.15) is 0 Å². The number of carboxylic acid groups (broad SMARTS) is 1. The molecule has 0 unspecified atom stereocenters. The number of carboxylic acids is 1. The average Bonchev–Trinajstić information content (AvgIpc) is 1.98. The van der Waals surface area contributed by atoms with E-state index >= 15 is 0 Å². The Morgan fingerprint density at radius 1 is 1.38 bits per heavy atom. The number of carbonyl (C=O) groups is 2.